The maximum Gasteiger partial charge on any atom is 0.0644 e. The molecule has 68 valence electrons. The molecule has 0 aromatic rings. The highest BCUT2D eigenvalue weighted by atomic mass is 16.5. The SMILES string of the molecule is CCC(C)C(OC)C(C)CO. The normalized spacial score (nSPS) is 19.4. The zero-order chi connectivity index (χ0) is 8.85. The quantitative estimate of drug-likeness (QED) is 0.663. The molecule has 11 heavy (non-hydrogen) atoms. The summed E-state index contributed by atoms with van der Waals surface area (Å²) < 4.78 is 5.30. The lowest BCUT2D eigenvalue weighted by Gasteiger charge is -2.26. The van der Waals surface area contributed by atoms with Crippen molar-refractivity contribution in [3.63, 3.8) is 0 Å². The molecular weight excluding hydrogens is 140 g/mol. The van der Waals surface area contributed by atoms with Crippen molar-refractivity contribution < 1.29 is 9.84 Å². The molecule has 0 saturated carbocycles. The summed E-state index contributed by atoms with van der Waals surface area (Å²) in [6.45, 7) is 6.52. The van der Waals surface area contributed by atoms with E-state index in [1.54, 1.807) is 7.11 Å². The second-order valence-corrected chi connectivity index (χ2v) is 3.25. The zero-order valence-electron chi connectivity index (χ0n) is 8.00. The van der Waals surface area contributed by atoms with Gasteiger partial charge in [-0.3, -0.25) is 0 Å². The second kappa shape index (κ2) is 5.56. The molecule has 0 aromatic heterocycles. The number of methoxy groups -OCH3 is 1. The molecule has 3 atom stereocenters. The van der Waals surface area contributed by atoms with Crippen molar-refractivity contribution in [3.05, 3.63) is 0 Å². The largest absolute Gasteiger partial charge is 0.396 e. The lowest BCUT2D eigenvalue weighted by atomic mass is 9.92. The Morgan fingerprint density at radius 2 is 1.82 bits per heavy atom. The van der Waals surface area contributed by atoms with Crippen molar-refractivity contribution in [3.8, 4) is 0 Å². The Morgan fingerprint density at radius 3 is 2.09 bits per heavy atom. The van der Waals surface area contributed by atoms with Crippen LogP contribution in [0.2, 0.25) is 0 Å². The minimum Gasteiger partial charge on any atom is -0.396 e. The van der Waals surface area contributed by atoms with E-state index in [0.717, 1.165) is 6.42 Å². The molecule has 0 aliphatic carbocycles. The van der Waals surface area contributed by atoms with Crippen molar-refractivity contribution in [1.29, 1.82) is 0 Å². The van der Waals surface area contributed by atoms with E-state index in [2.05, 4.69) is 13.8 Å². The monoisotopic (exact) mass is 160 g/mol. The summed E-state index contributed by atoms with van der Waals surface area (Å²) in [5.74, 6) is 0.775. The van der Waals surface area contributed by atoms with E-state index in [1.165, 1.54) is 0 Å². The van der Waals surface area contributed by atoms with Crippen LogP contribution in [0.15, 0.2) is 0 Å². The van der Waals surface area contributed by atoms with Crippen molar-refractivity contribution in [2.45, 2.75) is 33.3 Å². The topological polar surface area (TPSA) is 29.5 Å². The lowest BCUT2D eigenvalue weighted by Crippen LogP contribution is -2.29. The molecule has 3 unspecified atom stereocenters. The van der Waals surface area contributed by atoms with Gasteiger partial charge in [0.25, 0.3) is 0 Å². The number of hydrogen-bond donors (Lipinski definition) is 1. The lowest BCUT2D eigenvalue weighted by molar-refractivity contribution is -0.00291. The Hall–Kier alpha value is -0.0800. The first kappa shape index (κ1) is 10.9. The van der Waals surface area contributed by atoms with Crippen LogP contribution in [0.5, 0.6) is 0 Å². The van der Waals surface area contributed by atoms with Crippen molar-refractivity contribution >= 4 is 0 Å². The van der Waals surface area contributed by atoms with Gasteiger partial charge in [-0.25, -0.2) is 0 Å². The van der Waals surface area contributed by atoms with Crippen molar-refractivity contribution in [2.24, 2.45) is 11.8 Å². The van der Waals surface area contributed by atoms with Gasteiger partial charge in [0.15, 0.2) is 0 Å². The van der Waals surface area contributed by atoms with E-state index < -0.39 is 0 Å². The van der Waals surface area contributed by atoms with Gasteiger partial charge in [0.2, 0.25) is 0 Å². The van der Waals surface area contributed by atoms with E-state index in [9.17, 15) is 0 Å². The van der Waals surface area contributed by atoms with Gasteiger partial charge in [0, 0.05) is 19.6 Å². The van der Waals surface area contributed by atoms with Crippen LogP contribution in [0.1, 0.15) is 27.2 Å². The molecule has 0 heterocycles. The van der Waals surface area contributed by atoms with Crippen molar-refractivity contribution in [2.75, 3.05) is 13.7 Å². The highest BCUT2D eigenvalue weighted by Gasteiger charge is 2.20. The van der Waals surface area contributed by atoms with Crippen LogP contribution in [-0.2, 0) is 4.74 Å². The summed E-state index contributed by atoms with van der Waals surface area (Å²) in [5.41, 5.74) is 0. The molecule has 0 bridgehead atoms. The van der Waals surface area contributed by atoms with Gasteiger partial charge in [0.05, 0.1) is 6.10 Å². The summed E-state index contributed by atoms with van der Waals surface area (Å²) in [4.78, 5) is 0. The average Bonchev–Trinajstić information content (AvgIpc) is 2.05. The predicted molar refractivity (Wildman–Crippen MR) is 46.5 cm³/mol. The number of aliphatic hydroxyl groups is 1. The van der Waals surface area contributed by atoms with E-state index in [4.69, 9.17) is 9.84 Å². The van der Waals surface area contributed by atoms with E-state index in [-0.39, 0.29) is 18.6 Å². The van der Waals surface area contributed by atoms with Crippen LogP contribution in [0.25, 0.3) is 0 Å². The summed E-state index contributed by atoms with van der Waals surface area (Å²) in [6.07, 6.45) is 1.30. The molecule has 2 heteroatoms. The summed E-state index contributed by atoms with van der Waals surface area (Å²) >= 11 is 0. The first-order valence-corrected chi connectivity index (χ1v) is 4.31. The van der Waals surface area contributed by atoms with Gasteiger partial charge >= 0.3 is 0 Å². The Bertz CT molecular complexity index is 83.6. The van der Waals surface area contributed by atoms with E-state index in [1.807, 2.05) is 6.92 Å². The molecule has 0 spiro atoms. The fraction of sp³-hybridized carbons (Fsp3) is 1.00. The molecule has 0 radical (unpaired) electrons. The zero-order valence-corrected chi connectivity index (χ0v) is 8.00. The standard InChI is InChI=1S/C9H20O2/c1-5-7(2)9(11-4)8(3)6-10/h7-10H,5-6H2,1-4H3. The minimum absolute atomic E-state index is 0.199. The summed E-state index contributed by atoms with van der Waals surface area (Å²) in [7, 11) is 1.71. The van der Waals surface area contributed by atoms with Crippen molar-refractivity contribution in [1.82, 2.24) is 0 Å². The van der Waals surface area contributed by atoms with Crippen LogP contribution in [-0.4, -0.2) is 24.9 Å². The minimum atomic E-state index is 0.199. The van der Waals surface area contributed by atoms with Crippen LogP contribution in [0.4, 0.5) is 0 Å². The second-order valence-electron chi connectivity index (χ2n) is 3.25. The molecule has 0 amide bonds. The van der Waals surface area contributed by atoms with E-state index in [0.29, 0.717) is 5.92 Å². The maximum absolute atomic E-state index is 8.90. The molecule has 0 aliphatic heterocycles. The van der Waals surface area contributed by atoms with Crippen LogP contribution in [0, 0.1) is 11.8 Å². The average molecular weight is 160 g/mol. The molecule has 0 saturated heterocycles. The van der Waals surface area contributed by atoms with Crippen LogP contribution in [0.3, 0.4) is 0 Å². The van der Waals surface area contributed by atoms with Crippen LogP contribution >= 0.6 is 0 Å². The third-order valence-corrected chi connectivity index (χ3v) is 2.33. The predicted octanol–water partition coefficient (Wildman–Crippen LogP) is 1.68. The number of hydrogen-bond acceptors (Lipinski definition) is 2. The Labute approximate surface area is 69.6 Å². The number of rotatable bonds is 5. The Kier molecular flexibility index (Phi) is 5.51. The summed E-state index contributed by atoms with van der Waals surface area (Å²) in [5, 5.41) is 8.90. The third-order valence-electron chi connectivity index (χ3n) is 2.33. The fourth-order valence-corrected chi connectivity index (χ4v) is 1.36. The van der Waals surface area contributed by atoms with Gasteiger partial charge in [-0.15, -0.1) is 0 Å². The first-order chi connectivity index (χ1) is 5.17. The molecule has 0 aliphatic rings. The molecule has 0 rings (SSSR count). The van der Waals surface area contributed by atoms with Crippen LogP contribution < -0.4 is 0 Å². The van der Waals surface area contributed by atoms with Gasteiger partial charge in [-0.05, 0) is 5.92 Å². The molecular formula is C9H20O2. The van der Waals surface area contributed by atoms with Gasteiger partial charge in [-0.2, -0.15) is 0 Å². The highest BCUT2D eigenvalue weighted by molar-refractivity contribution is 4.70. The Morgan fingerprint density at radius 1 is 1.27 bits per heavy atom. The third kappa shape index (κ3) is 3.21. The molecule has 1 N–H and O–H groups in total. The Balaban J connectivity index is 3.92. The fourth-order valence-electron chi connectivity index (χ4n) is 1.36. The first-order valence-electron chi connectivity index (χ1n) is 4.31. The van der Waals surface area contributed by atoms with Gasteiger partial charge < -0.3 is 9.84 Å². The summed E-state index contributed by atoms with van der Waals surface area (Å²) in [6, 6.07) is 0. The molecule has 2 nitrogen and oxygen atoms in total. The van der Waals surface area contributed by atoms with Gasteiger partial charge in [-0.1, -0.05) is 27.2 Å². The highest BCUT2D eigenvalue weighted by Crippen LogP contribution is 2.18. The number of ether oxygens (including phenoxy) is 1. The smallest absolute Gasteiger partial charge is 0.0644 e. The van der Waals surface area contributed by atoms with Gasteiger partial charge in [0.1, 0.15) is 0 Å². The maximum atomic E-state index is 8.90. The van der Waals surface area contributed by atoms with E-state index >= 15 is 0 Å². The molecule has 0 aromatic carbocycles. The molecule has 0 fully saturated rings. The number of aliphatic hydroxyl groups excluding tert-OH is 1.